The summed E-state index contributed by atoms with van der Waals surface area (Å²) < 4.78 is 5.32. The Kier molecular flexibility index (Phi) is 8.20. The molecular formula is C25H29N3O2S2. The molecule has 7 heteroatoms. The number of hydrogen-bond donors (Lipinski definition) is 1. The molecule has 0 bridgehead atoms. The van der Waals surface area contributed by atoms with E-state index in [1.165, 1.54) is 24.8 Å². The van der Waals surface area contributed by atoms with Crippen molar-refractivity contribution in [2.75, 3.05) is 26.7 Å². The normalized spacial score (nSPS) is 15.3. The molecule has 1 fully saturated rings. The first-order chi connectivity index (χ1) is 15.7. The number of methoxy groups -OCH3 is 1. The van der Waals surface area contributed by atoms with E-state index in [-0.39, 0.29) is 11.9 Å². The molecule has 0 saturated carbocycles. The third-order valence-corrected chi connectivity index (χ3v) is 7.52. The van der Waals surface area contributed by atoms with Crippen LogP contribution in [0.1, 0.15) is 46.9 Å². The van der Waals surface area contributed by atoms with Crippen molar-refractivity contribution in [3.05, 3.63) is 76.2 Å². The van der Waals surface area contributed by atoms with Crippen molar-refractivity contribution in [3.63, 3.8) is 0 Å². The molecule has 5 nitrogen and oxygen atoms in total. The molecule has 1 amide bonds. The minimum absolute atomic E-state index is 0.0260. The lowest BCUT2D eigenvalue weighted by atomic mass is 10.0. The van der Waals surface area contributed by atoms with Gasteiger partial charge in [0.1, 0.15) is 5.75 Å². The molecule has 168 valence electrons. The molecule has 0 aliphatic carbocycles. The lowest BCUT2D eigenvalue weighted by molar-refractivity contribution is 0.0921. The van der Waals surface area contributed by atoms with Gasteiger partial charge in [-0.25, -0.2) is 4.98 Å². The predicted molar refractivity (Wildman–Crippen MR) is 132 cm³/mol. The summed E-state index contributed by atoms with van der Waals surface area (Å²) in [7, 11) is 1.68. The number of carbonyl (C=O) groups excluding carboxylic acids is 1. The number of rotatable bonds is 9. The van der Waals surface area contributed by atoms with Gasteiger partial charge in [0, 0.05) is 22.6 Å². The number of carbonyl (C=O) groups is 1. The largest absolute Gasteiger partial charge is 0.497 e. The van der Waals surface area contributed by atoms with Gasteiger partial charge in [-0.05, 0) is 55.8 Å². The summed E-state index contributed by atoms with van der Waals surface area (Å²) >= 11 is 3.25. The zero-order valence-corrected chi connectivity index (χ0v) is 20.0. The van der Waals surface area contributed by atoms with E-state index in [0.29, 0.717) is 6.54 Å². The van der Waals surface area contributed by atoms with Gasteiger partial charge >= 0.3 is 0 Å². The highest BCUT2D eigenvalue weighted by Gasteiger charge is 2.23. The number of thiazole rings is 1. The molecule has 1 aliphatic heterocycles. The predicted octanol–water partition coefficient (Wildman–Crippen LogP) is 5.40. The van der Waals surface area contributed by atoms with E-state index >= 15 is 0 Å². The maximum atomic E-state index is 13.2. The van der Waals surface area contributed by atoms with Gasteiger partial charge < -0.3 is 10.1 Å². The zero-order valence-electron chi connectivity index (χ0n) is 18.3. The van der Waals surface area contributed by atoms with Crippen LogP contribution in [0.4, 0.5) is 0 Å². The molecule has 3 aromatic rings. The molecule has 1 aromatic heterocycles. The van der Waals surface area contributed by atoms with Crippen molar-refractivity contribution < 1.29 is 9.53 Å². The maximum Gasteiger partial charge on any atom is 0.252 e. The molecule has 4 rings (SSSR count). The number of thioether (sulfide) groups is 1. The molecule has 1 N–H and O–H groups in total. The number of piperidine rings is 1. The Morgan fingerprint density at radius 3 is 2.66 bits per heavy atom. The lowest BCUT2D eigenvalue weighted by Gasteiger charge is -2.35. The SMILES string of the molecule is COc1ccc(C(CNC(=O)c2ccccc2SCc2cscn2)N2CCCCC2)cc1. The summed E-state index contributed by atoms with van der Waals surface area (Å²) in [6.45, 7) is 2.70. The molecule has 1 saturated heterocycles. The Morgan fingerprint density at radius 1 is 1.16 bits per heavy atom. The maximum absolute atomic E-state index is 13.2. The quantitative estimate of drug-likeness (QED) is 0.427. The third kappa shape index (κ3) is 5.91. The van der Waals surface area contributed by atoms with Crippen LogP contribution in [0.5, 0.6) is 5.75 Å². The van der Waals surface area contributed by atoms with E-state index in [1.807, 2.05) is 47.3 Å². The molecule has 1 atom stereocenters. The van der Waals surface area contributed by atoms with Crippen LogP contribution in [-0.4, -0.2) is 42.5 Å². The van der Waals surface area contributed by atoms with Crippen LogP contribution >= 0.6 is 23.1 Å². The highest BCUT2D eigenvalue weighted by atomic mass is 32.2. The first kappa shape index (κ1) is 22.8. The summed E-state index contributed by atoms with van der Waals surface area (Å²) in [4.78, 5) is 21.0. The number of amides is 1. The monoisotopic (exact) mass is 467 g/mol. The number of benzene rings is 2. The Morgan fingerprint density at radius 2 is 1.94 bits per heavy atom. The molecule has 2 heterocycles. The second kappa shape index (κ2) is 11.5. The standard InChI is InChI=1S/C25H29N3O2S2/c1-30-21-11-9-19(10-12-21)23(28-13-5-2-6-14-28)15-26-25(29)22-7-3-4-8-24(22)32-17-20-16-31-18-27-20/h3-4,7-12,16,18,23H,2,5-6,13-15,17H2,1H3,(H,26,29). The average molecular weight is 468 g/mol. The molecule has 2 aromatic carbocycles. The van der Waals surface area contributed by atoms with Crippen LogP contribution in [0, 0.1) is 0 Å². The van der Waals surface area contributed by atoms with Gasteiger partial charge in [0.15, 0.2) is 0 Å². The van der Waals surface area contributed by atoms with Crippen LogP contribution in [0.2, 0.25) is 0 Å². The average Bonchev–Trinajstić information content (AvgIpc) is 3.38. The van der Waals surface area contributed by atoms with E-state index in [4.69, 9.17) is 4.74 Å². The molecule has 0 radical (unpaired) electrons. The fourth-order valence-corrected chi connectivity index (χ4v) is 5.66. The molecule has 1 aliphatic rings. The Bertz CT molecular complexity index is 987. The minimum atomic E-state index is -0.0260. The molecular weight excluding hydrogens is 438 g/mol. The number of nitrogens with one attached hydrogen (secondary N) is 1. The van der Waals surface area contributed by atoms with Crippen LogP contribution in [-0.2, 0) is 5.75 Å². The van der Waals surface area contributed by atoms with Crippen molar-refractivity contribution in [3.8, 4) is 5.75 Å². The van der Waals surface area contributed by atoms with Crippen LogP contribution in [0.25, 0.3) is 0 Å². The van der Waals surface area contributed by atoms with E-state index in [2.05, 4.69) is 27.3 Å². The number of aromatic nitrogens is 1. The van der Waals surface area contributed by atoms with Crippen molar-refractivity contribution in [2.24, 2.45) is 0 Å². The number of nitrogens with zero attached hydrogens (tertiary/aromatic N) is 2. The summed E-state index contributed by atoms with van der Waals surface area (Å²) in [6, 6.07) is 16.2. The Labute approximate surface area is 198 Å². The second-order valence-electron chi connectivity index (χ2n) is 7.86. The first-order valence-corrected chi connectivity index (χ1v) is 12.9. The van der Waals surface area contributed by atoms with Gasteiger partial charge in [-0.3, -0.25) is 9.69 Å². The molecule has 32 heavy (non-hydrogen) atoms. The third-order valence-electron chi connectivity index (χ3n) is 5.78. The highest BCUT2D eigenvalue weighted by molar-refractivity contribution is 7.98. The summed E-state index contributed by atoms with van der Waals surface area (Å²) in [6.07, 6.45) is 3.69. The fourth-order valence-electron chi connectivity index (χ4n) is 4.04. The Hall–Kier alpha value is -2.35. The summed E-state index contributed by atoms with van der Waals surface area (Å²) in [5.74, 6) is 1.58. The van der Waals surface area contributed by atoms with Crippen molar-refractivity contribution in [2.45, 2.75) is 36.0 Å². The first-order valence-electron chi connectivity index (χ1n) is 11.0. The van der Waals surface area contributed by atoms with Gasteiger partial charge in [0.05, 0.1) is 29.9 Å². The van der Waals surface area contributed by atoms with Crippen LogP contribution in [0.3, 0.4) is 0 Å². The topological polar surface area (TPSA) is 54.5 Å². The number of hydrogen-bond acceptors (Lipinski definition) is 6. The van der Waals surface area contributed by atoms with E-state index < -0.39 is 0 Å². The van der Waals surface area contributed by atoms with Gasteiger partial charge in [-0.1, -0.05) is 30.7 Å². The van der Waals surface area contributed by atoms with Crippen LogP contribution < -0.4 is 10.1 Å². The second-order valence-corrected chi connectivity index (χ2v) is 9.60. The van der Waals surface area contributed by atoms with Crippen molar-refractivity contribution >= 4 is 29.0 Å². The van der Waals surface area contributed by atoms with Gasteiger partial charge in [0.2, 0.25) is 0 Å². The van der Waals surface area contributed by atoms with E-state index in [0.717, 1.165) is 40.7 Å². The van der Waals surface area contributed by atoms with Gasteiger partial charge in [-0.2, -0.15) is 0 Å². The van der Waals surface area contributed by atoms with Gasteiger partial charge in [-0.15, -0.1) is 23.1 Å². The smallest absolute Gasteiger partial charge is 0.252 e. The lowest BCUT2D eigenvalue weighted by Crippen LogP contribution is -2.40. The van der Waals surface area contributed by atoms with Crippen molar-refractivity contribution in [1.29, 1.82) is 0 Å². The molecule has 0 spiro atoms. The fraction of sp³-hybridized carbons (Fsp3) is 0.360. The molecule has 1 unspecified atom stereocenters. The highest BCUT2D eigenvalue weighted by Crippen LogP contribution is 2.28. The number of ether oxygens (including phenoxy) is 1. The minimum Gasteiger partial charge on any atom is -0.497 e. The van der Waals surface area contributed by atoms with Crippen LogP contribution in [0.15, 0.2) is 64.3 Å². The van der Waals surface area contributed by atoms with E-state index in [1.54, 1.807) is 30.2 Å². The number of likely N-dealkylation sites (tertiary alicyclic amines) is 1. The Balaban J connectivity index is 1.46. The van der Waals surface area contributed by atoms with Crippen molar-refractivity contribution in [1.82, 2.24) is 15.2 Å². The summed E-state index contributed by atoms with van der Waals surface area (Å²) in [5, 5.41) is 5.27. The van der Waals surface area contributed by atoms with Gasteiger partial charge in [0.25, 0.3) is 5.91 Å². The zero-order chi connectivity index (χ0) is 22.2. The summed E-state index contributed by atoms with van der Waals surface area (Å²) in [5.41, 5.74) is 4.81. The van der Waals surface area contributed by atoms with E-state index in [9.17, 15) is 4.79 Å².